The number of aryl methyl sites for hydroxylation is 1. The van der Waals surface area contributed by atoms with Gasteiger partial charge in [-0.1, -0.05) is 11.6 Å². The third-order valence-electron chi connectivity index (χ3n) is 3.11. The zero-order valence-corrected chi connectivity index (χ0v) is 12.4. The summed E-state index contributed by atoms with van der Waals surface area (Å²) in [5, 5.41) is 8.66. The van der Waals surface area contributed by atoms with E-state index in [0.717, 1.165) is 5.69 Å². The fraction of sp³-hybridized carbons (Fsp3) is 0.214. The Morgan fingerprint density at radius 1 is 1.50 bits per heavy atom. The summed E-state index contributed by atoms with van der Waals surface area (Å²) in [6.45, 7) is 2.84. The van der Waals surface area contributed by atoms with E-state index < -0.39 is 0 Å². The second-order valence-electron chi connectivity index (χ2n) is 4.55. The second kappa shape index (κ2) is 5.34. The van der Waals surface area contributed by atoms with Crippen molar-refractivity contribution in [2.75, 3.05) is 17.2 Å². The highest BCUT2D eigenvalue weighted by atomic mass is 35.5. The van der Waals surface area contributed by atoms with E-state index in [-0.39, 0.29) is 12.5 Å². The van der Waals surface area contributed by atoms with Crippen LogP contribution in [0.2, 0.25) is 5.02 Å². The number of carbonyl (C=O) groups is 1. The monoisotopic (exact) mass is 308 g/mol. The van der Waals surface area contributed by atoms with E-state index in [1.165, 1.54) is 10.4 Å². The summed E-state index contributed by atoms with van der Waals surface area (Å²) in [6.07, 6.45) is 0. The minimum absolute atomic E-state index is 0.0398. The van der Waals surface area contributed by atoms with E-state index in [1.807, 2.05) is 6.07 Å². The van der Waals surface area contributed by atoms with Crippen molar-refractivity contribution in [1.82, 2.24) is 0 Å². The van der Waals surface area contributed by atoms with Crippen LogP contribution in [0.25, 0.3) is 0 Å². The van der Waals surface area contributed by atoms with Gasteiger partial charge in [0.2, 0.25) is 0 Å². The van der Waals surface area contributed by atoms with Crippen LogP contribution in [0.5, 0.6) is 5.75 Å². The predicted molar refractivity (Wildman–Crippen MR) is 82.0 cm³/mol. The number of thiophene rings is 1. The molecular weight excluding hydrogens is 296 g/mol. The fourth-order valence-corrected chi connectivity index (χ4v) is 3.07. The van der Waals surface area contributed by atoms with Crippen LogP contribution in [-0.2, 0) is 11.3 Å². The van der Waals surface area contributed by atoms with Crippen molar-refractivity contribution in [1.29, 1.82) is 0 Å². The summed E-state index contributed by atoms with van der Waals surface area (Å²) in [6, 6.07) is 5.62. The molecular formula is C14H13ClN2O2S. The first kappa shape index (κ1) is 13.3. The molecule has 2 aromatic rings. The number of benzene rings is 1. The quantitative estimate of drug-likeness (QED) is 0.910. The Morgan fingerprint density at radius 2 is 2.35 bits per heavy atom. The number of amides is 1. The Morgan fingerprint density at radius 3 is 3.10 bits per heavy atom. The predicted octanol–water partition coefficient (Wildman–Crippen LogP) is 3.65. The zero-order chi connectivity index (χ0) is 14.1. The van der Waals surface area contributed by atoms with E-state index in [4.69, 9.17) is 16.3 Å². The molecule has 1 amide bonds. The lowest BCUT2D eigenvalue weighted by atomic mass is 10.2. The van der Waals surface area contributed by atoms with E-state index in [1.54, 1.807) is 17.4 Å². The van der Waals surface area contributed by atoms with Gasteiger partial charge in [0.05, 0.1) is 16.4 Å². The van der Waals surface area contributed by atoms with Gasteiger partial charge in [-0.25, -0.2) is 0 Å². The number of halogens is 1. The van der Waals surface area contributed by atoms with Gasteiger partial charge in [0.1, 0.15) is 5.75 Å². The second-order valence-corrected chi connectivity index (χ2v) is 5.95. The normalized spacial score (nSPS) is 13.4. The van der Waals surface area contributed by atoms with Crippen LogP contribution in [0, 0.1) is 6.92 Å². The van der Waals surface area contributed by atoms with Gasteiger partial charge in [-0.3, -0.25) is 4.79 Å². The number of ether oxygens (including phenoxy) is 1. The van der Waals surface area contributed by atoms with Gasteiger partial charge in [0.15, 0.2) is 6.61 Å². The smallest absolute Gasteiger partial charge is 0.262 e. The molecule has 2 N–H and O–H groups in total. The Labute approximate surface area is 125 Å². The van der Waals surface area contributed by atoms with Gasteiger partial charge in [-0.15, -0.1) is 11.3 Å². The van der Waals surface area contributed by atoms with Crippen molar-refractivity contribution >= 4 is 40.2 Å². The molecule has 4 nitrogen and oxygen atoms in total. The van der Waals surface area contributed by atoms with Gasteiger partial charge < -0.3 is 15.4 Å². The third kappa shape index (κ3) is 2.59. The molecule has 0 spiro atoms. The van der Waals surface area contributed by atoms with Crippen LogP contribution in [0.4, 0.5) is 11.4 Å². The number of hydrogen-bond donors (Lipinski definition) is 2. The highest BCUT2D eigenvalue weighted by molar-refractivity contribution is 7.10. The average Bonchev–Trinajstić information content (AvgIpc) is 2.82. The molecule has 104 valence electrons. The van der Waals surface area contributed by atoms with Gasteiger partial charge in [-0.05, 0) is 30.0 Å². The molecule has 0 saturated heterocycles. The first-order valence-corrected chi connectivity index (χ1v) is 7.42. The molecule has 1 aromatic carbocycles. The van der Waals surface area contributed by atoms with Crippen molar-refractivity contribution in [3.63, 3.8) is 0 Å². The lowest BCUT2D eigenvalue weighted by Crippen LogP contribution is -2.25. The van der Waals surface area contributed by atoms with Crippen molar-refractivity contribution < 1.29 is 9.53 Å². The lowest BCUT2D eigenvalue weighted by molar-refractivity contribution is -0.118. The van der Waals surface area contributed by atoms with E-state index in [2.05, 4.69) is 29.0 Å². The van der Waals surface area contributed by atoms with Crippen LogP contribution >= 0.6 is 22.9 Å². The molecule has 1 aromatic heterocycles. The number of hydrogen-bond acceptors (Lipinski definition) is 4. The van der Waals surface area contributed by atoms with E-state index >= 15 is 0 Å². The Bertz CT molecular complexity index is 669. The first-order chi connectivity index (χ1) is 9.63. The molecule has 2 heterocycles. The molecule has 1 aliphatic heterocycles. The van der Waals surface area contributed by atoms with Crippen molar-refractivity contribution in [2.45, 2.75) is 13.5 Å². The summed E-state index contributed by atoms with van der Waals surface area (Å²) in [7, 11) is 0. The lowest BCUT2D eigenvalue weighted by Gasteiger charge is -2.20. The summed E-state index contributed by atoms with van der Waals surface area (Å²) in [5.41, 5.74) is 2.68. The maximum atomic E-state index is 11.2. The molecule has 3 rings (SSSR count). The highest BCUT2D eigenvalue weighted by Gasteiger charge is 2.18. The van der Waals surface area contributed by atoms with Crippen LogP contribution in [-0.4, -0.2) is 12.5 Å². The molecule has 1 aliphatic rings. The van der Waals surface area contributed by atoms with E-state index in [0.29, 0.717) is 23.0 Å². The molecule has 0 radical (unpaired) electrons. The largest absolute Gasteiger partial charge is 0.482 e. The molecule has 0 aliphatic carbocycles. The van der Waals surface area contributed by atoms with Gasteiger partial charge >= 0.3 is 0 Å². The SMILES string of the molecule is Cc1ccsc1CNc1cc2c(cc1Cl)NC(=O)CO2. The molecule has 20 heavy (non-hydrogen) atoms. The standard InChI is InChI=1S/C14H13ClN2O2S/c1-8-2-3-20-13(8)6-16-10-5-12-11(4-9(10)15)17-14(18)7-19-12/h2-5,16H,6-7H2,1H3,(H,17,18). The minimum atomic E-state index is -0.163. The number of anilines is 2. The van der Waals surface area contributed by atoms with Crippen LogP contribution in [0.3, 0.4) is 0 Å². The molecule has 0 saturated carbocycles. The molecule has 0 bridgehead atoms. The number of nitrogens with one attached hydrogen (secondary N) is 2. The number of fused-ring (bicyclic) bond motifs is 1. The molecule has 6 heteroatoms. The topological polar surface area (TPSA) is 50.4 Å². The number of rotatable bonds is 3. The average molecular weight is 309 g/mol. The summed E-state index contributed by atoms with van der Waals surface area (Å²) < 4.78 is 5.38. The maximum Gasteiger partial charge on any atom is 0.262 e. The van der Waals surface area contributed by atoms with Crippen molar-refractivity contribution in [3.05, 3.63) is 39.0 Å². The minimum Gasteiger partial charge on any atom is -0.482 e. The highest BCUT2D eigenvalue weighted by Crippen LogP contribution is 2.36. The molecule has 0 unspecified atom stereocenters. The Balaban J connectivity index is 1.80. The summed E-state index contributed by atoms with van der Waals surface area (Å²) in [4.78, 5) is 12.5. The Hall–Kier alpha value is -1.72. The van der Waals surface area contributed by atoms with Gasteiger partial charge in [0.25, 0.3) is 5.91 Å². The zero-order valence-electron chi connectivity index (χ0n) is 10.8. The molecule has 0 fully saturated rings. The van der Waals surface area contributed by atoms with Gasteiger partial charge in [0, 0.05) is 17.5 Å². The third-order valence-corrected chi connectivity index (χ3v) is 4.45. The number of carbonyl (C=O) groups excluding carboxylic acids is 1. The van der Waals surface area contributed by atoms with Crippen LogP contribution in [0.15, 0.2) is 23.6 Å². The Kier molecular flexibility index (Phi) is 3.54. The van der Waals surface area contributed by atoms with Crippen LogP contribution in [0.1, 0.15) is 10.4 Å². The van der Waals surface area contributed by atoms with Crippen molar-refractivity contribution in [2.24, 2.45) is 0 Å². The van der Waals surface area contributed by atoms with Crippen LogP contribution < -0.4 is 15.4 Å². The first-order valence-electron chi connectivity index (χ1n) is 6.16. The molecule has 0 atom stereocenters. The van der Waals surface area contributed by atoms with Gasteiger partial charge in [-0.2, -0.15) is 0 Å². The van der Waals surface area contributed by atoms with Crippen molar-refractivity contribution in [3.8, 4) is 5.75 Å². The fourth-order valence-electron chi connectivity index (χ4n) is 2.00. The van der Waals surface area contributed by atoms with E-state index in [9.17, 15) is 4.79 Å². The summed E-state index contributed by atoms with van der Waals surface area (Å²) in [5.74, 6) is 0.475. The summed E-state index contributed by atoms with van der Waals surface area (Å²) >= 11 is 7.93. The maximum absolute atomic E-state index is 11.2.